The van der Waals surface area contributed by atoms with E-state index in [1.54, 1.807) is 6.20 Å². The van der Waals surface area contributed by atoms with Crippen LogP contribution in [0.25, 0.3) is 0 Å². The average Bonchev–Trinajstić information content (AvgIpc) is 2.46. The Bertz CT molecular complexity index is 516. The highest BCUT2D eigenvalue weighted by Gasteiger charge is 2.03. The van der Waals surface area contributed by atoms with Crippen LogP contribution in [-0.4, -0.2) is 23.6 Å². The second-order valence-electron chi connectivity index (χ2n) is 4.16. The van der Waals surface area contributed by atoms with Gasteiger partial charge in [0.05, 0.1) is 4.47 Å². The van der Waals surface area contributed by atoms with E-state index in [0.717, 1.165) is 29.7 Å². The number of hydrogen-bond acceptors (Lipinski definition) is 4. The van der Waals surface area contributed by atoms with Gasteiger partial charge in [0.1, 0.15) is 5.82 Å². The number of nitrogens with zero attached hydrogens (tertiary/aromatic N) is 2. The smallest absolute Gasteiger partial charge is 0.224 e. The van der Waals surface area contributed by atoms with Gasteiger partial charge in [0, 0.05) is 19.8 Å². The first-order valence-electron chi connectivity index (χ1n) is 6.27. The summed E-state index contributed by atoms with van der Waals surface area (Å²) < 4.78 is 0.881. The molecule has 100 valence electrons. The first-order valence-corrected chi connectivity index (χ1v) is 7.07. The van der Waals surface area contributed by atoms with Crippen LogP contribution in [-0.2, 0) is 6.42 Å². The highest BCUT2D eigenvalue weighted by atomic mass is 79.9. The van der Waals surface area contributed by atoms with Crippen LogP contribution in [0.1, 0.15) is 12.0 Å². The Morgan fingerprint density at radius 2 is 2.00 bits per heavy atom. The number of hydrogen-bond donors (Lipinski definition) is 2. The molecular formula is C14H17BrN4. The van der Waals surface area contributed by atoms with E-state index in [1.807, 2.05) is 13.1 Å². The third kappa shape index (κ3) is 4.21. The summed E-state index contributed by atoms with van der Waals surface area (Å²) in [4.78, 5) is 8.48. The van der Waals surface area contributed by atoms with E-state index >= 15 is 0 Å². The van der Waals surface area contributed by atoms with Crippen LogP contribution < -0.4 is 10.6 Å². The maximum absolute atomic E-state index is 4.36. The zero-order chi connectivity index (χ0) is 13.5. The maximum atomic E-state index is 4.36. The number of aryl methyl sites for hydroxylation is 1. The van der Waals surface area contributed by atoms with Crippen molar-refractivity contribution in [1.29, 1.82) is 0 Å². The quantitative estimate of drug-likeness (QED) is 0.802. The van der Waals surface area contributed by atoms with Crippen LogP contribution >= 0.6 is 15.9 Å². The molecule has 4 nitrogen and oxygen atoms in total. The molecule has 0 fully saturated rings. The summed E-state index contributed by atoms with van der Waals surface area (Å²) in [5.74, 6) is 1.45. The van der Waals surface area contributed by atoms with E-state index in [1.165, 1.54) is 5.56 Å². The van der Waals surface area contributed by atoms with Crippen molar-refractivity contribution in [3.05, 3.63) is 46.6 Å². The SMILES string of the molecule is CNc1ncc(Br)c(NCCCc2ccccc2)n1. The van der Waals surface area contributed by atoms with Gasteiger partial charge < -0.3 is 10.6 Å². The van der Waals surface area contributed by atoms with Gasteiger partial charge in [-0.05, 0) is 34.3 Å². The van der Waals surface area contributed by atoms with Gasteiger partial charge in [0.15, 0.2) is 0 Å². The van der Waals surface area contributed by atoms with Gasteiger partial charge >= 0.3 is 0 Å². The van der Waals surface area contributed by atoms with Crippen molar-refractivity contribution in [2.24, 2.45) is 0 Å². The Morgan fingerprint density at radius 1 is 1.21 bits per heavy atom. The molecule has 0 spiro atoms. The molecule has 0 saturated heterocycles. The summed E-state index contributed by atoms with van der Waals surface area (Å²) in [6, 6.07) is 10.5. The molecule has 1 aromatic carbocycles. The highest BCUT2D eigenvalue weighted by Crippen LogP contribution is 2.19. The topological polar surface area (TPSA) is 49.8 Å². The van der Waals surface area contributed by atoms with Crippen LogP contribution in [0.4, 0.5) is 11.8 Å². The van der Waals surface area contributed by atoms with E-state index in [9.17, 15) is 0 Å². The zero-order valence-corrected chi connectivity index (χ0v) is 12.4. The van der Waals surface area contributed by atoms with Crippen molar-refractivity contribution in [2.75, 3.05) is 24.2 Å². The van der Waals surface area contributed by atoms with Gasteiger partial charge in [-0.15, -0.1) is 0 Å². The third-order valence-corrected chi connectivity index (χ3v) is 3.33. The van der Waals surface area contributed by atoms with Crippen LogP contribution in [0.2, 0.25) is 0 Å². The molecule has 0 aliphatic carbocycles. The Balaban J connectivity index is 1.82. The minimum Gasteiger partial charge on any atom is -0.369 e. The summed E-state index contributed by atoms with van der Waals surface area (Å²) in [5.41, 5.74) is 1.36. The third-order valence-electron chi connectivity index (χ3n) is 2.75. The molecule has 0 amide bonds. The number of benzene rings is 1. The Morgan fingerprint density at radius 3 is 2.74 bits per heavy atom. The van der Waals surface area contributed by atoms with Gasteiger partial charge in [-0.1, -0.05) is 30.3 Å². The van der Waals surface area contributed by atoms with Crippen molar-refractivity contribution in [3.63, 3.8) is 0 Å². The van der Waals surface area contributed by atoms with Gasteiger partial charge in [-0.3, -0.25) is 0 Å². The molecule has 0 atom stereocenters. The Labute approximate surface area is 121 Å². The number of anilines is 2. The van der Waals surface area contributed by atoms with Gasteiger partial charge in [0.2, 0.25) is 5.95 Å². The van der Waals surface area contributed by atoms with Crippen LogP contribution in [0, 0.1) is 0 Å². The first-order chi connectivity index (χ1) is 9.29. The number of halogens is 1. The van der Waals surface area contributed by atoms with Crippen LogP contribution in [0.15, 0.2) is 41.0 Å². The van der Waals surface area contributed by atoms with Crippen molar-refractivity contribution < 1.29 is 0 Å². The van der Waals surface area contributed by atoms with Crippen LogP contribution in [0.3, 0.4) is 0 Å². The Kier molecular flexibility index (Phi) is 5.15. The molecule has 0 bridgehead atoms. The lowest BCUT2D eigenvalue weighted by Gasteiger charge is -2.08. The molecule has 0 radical (unpaired) electrons. The molecule has 1 aromatic heterocycles. The van der Waals surface area contributed by atoms with Gasteiger partial charge in [-0.2, -0.15) is 4.98 Å². The molecule has 0 unspecified atom stereocenters. The van der Waals surface area contributed by atoms with E-state index in [4.69, 9.17) is 0 Å². The van der Waals surface area contributed by atoms with Crippen molar-refractivity contribution in [1.82, 2.24) is 9.97 Å². The monoisotopic (exact) mass is 320 g/mol. The fourth-order valence-electron chi connectivity index (χ4n) is 1.76. The van der Waals surface area contributed by atoms with E-state index in [2.05, 4.69) is 60.8 Å². The molecular weight excluding hydrogens is 304 g/mol. The normalized spacial score (nSPS) is 10.2. The number of rotatable bonds is 6. The minimum atomic E-state index is 0.619. The molecule has 2 rings (SSSR count). The predicted octanol–water partition coefficient (Wildman–Crippen LogP) is 3.33. The van der Waals surface area contributed by atoms with Crippen molar-refractivity contribution in [3.8, 4) is 0 Å². The molecule has 2 N–H and O–H groups in total. The fourth-order valence-corrected chi connectivity index (χ4v) is 2.09. The second kappa shape index (κ2) is 7.09. The van der Waals surface area contributed by atoms with E-state index < -0.39 is 0 Å². The largest absolute Gasteiger partial charge is 0.369 e. The summed E-state index contributed by atoms with van der Waals surface area (Å²) >= 11 is 3.44. The fraction of sp³-hybridized carbons (Fsp3) is 0.286. The molecule has 1 heterocycles. The number of nitrogens with one attached hydrogen (secondary N) is 2. The molecule has 0 aliphatic heterocycles. The van der Waals surface area contributed by atoms with Gasteiger partial charge in [0.25, 0.3) is 0 Å². The summed E-state index contributed by atoms with van der Waals surface area (Å²) in [6.45, 7) is 0.883. The van der Waals surface area contributed by atoms with E-state index in [-0.39, 0.29) is 0 Å². The maximum Gasteiger partial charge on any atom is 0.224 e. The van der Waals surface area contributed by atoms with Crippen LogP contribution in [0.5, 0.6) is 0 Å². The predicted molar refractivity (Wildman–Crippen MR) is 82.5 cm³/mol. The van der Waals surface area contributed by atoms with E-state index in [0.29, 0.717) is 5.95 Å². The lowest BCUT2D eigenvalue weighted by atomic mass is 10.1. The molecule has 19 heavy (non-hydrogen) atoms. The minimum absolute atomic E-state index is 0.619. The average molecular weight is 321 g/mol. The summed E-state index contributed by atoms with van der Waals surface area (Å²) in [6.07, 6.45) is 3.88. The molecule has 5 heteroatoms. The van der Waals surface area contributed by atoms with Crippen molar-refractivity contribution >= 4 is 27.7 Å². The highest BCUT2D eigenvalue weighted by molar-refractivity contribution is 9.10. The lowest BCUT2D eigenvalue weighted by Crippen LogP contribution is -2.07. The zero-order valence-electron chi connectivity index (χ0n) is 10.9. The molecule has 0 saturated carbocycles. The standard InChI is InChI=1S/C14H17BrN4/c1-16-14-18-10-12(15)13(19-14)17-9-5-8-11-6-3-2-4-7-11/h2-4,6-7,10H,5,8-9H2,1H3,(H2,16,17,18,19). The first kappa shape index (κ1) is 13.8. The molecule has 2 aromatic rings. The van der Waals surface area contributed by atoms with Crippen molar-refractivity contribution in [2.45, 2.75) is 12.8 Å². The Hall–Kier alpha value is -1.62. The second-order valence-corrected chi connectivity index (χ2v) is 5.01. The lowest BCUT2D eigenvalue weighted by molar-refractivity contribution is 0.857. The number of aromatic nitrogens is 2. The molecule has 0 aliphatic rings. The van der Waals surface area contributed by atoms with Gasteiger partial charge in [-0.25, -0.2) is 4.98 Å². The summed E-state index contributed by atoms with van der Waals surface area (Å²) in [7, 11) is 1.81. The summed E-state index contributed by atoms with van der Waals surface area (Å²) in [5, 5.41) is 6.25.